The summed E-state index contributed by atoms with van der Waals surface area (Å²) in [6, 6.07) is 18.9. The number of likely N-dealkylation sites (N-methyl/N-ethyl adjacent to an activating group) is 1. The Kier molecular flexibility index (Phi) is 7.04. The molecule has 0 radical (unpaired) electrons. The molecule has 4 N–H and O–H groups in total. The average molecular weight is 456 g/mol. The van der Waals surface area contributed by atoms with Gasteiger partial charge in [0.2, 0.25) is 11.8 Å². The molecule has 1 aliphatic heterocycles. The zero-order valence-electron chi connectivity index (χ0n) is 19.4. The third kappa shape index (κ3) is 5.68. The molecule has 7 heteroatoms. The molecule has 0 saturated carbocycles. The summed E-state index contributed by atoms with van der Waals surface area (Å²) in [4.78, 5) is 31.7. The van der Waals surface area contributed by atoms with E-state index in [1.165, 1.54) is 6.08 Å². The van der Waals surface area contributed by atoms with Gasteiger partial charge in [-0.2, -0.15) is 0 Å². The number of anilines is 3. The maximum Gasteiger partial charge on any atom is 0.248 e. The predicted molar refractivity (Wildman–Crippen MR) is 136 cm³/mol. The van der Waals surface area contributed by atoms with E-state index in [1.807, 2.05) is 62.5 Å². The molecule has 0 bridgehead atoms. The maximum absolute atomic E-state index is 13.0. The van der Waals surface area contributed by atoms with Gasteiger partial charge in [0.25, 0.3) is 0 Å². The summed E-state index contributed by atoms with van der Waals surface area (Å²) >= 11 is 0. The van der Waals surface area contributed by atoms with E-state index >= 15 is 0 Å². The Bertz CT molecular complexity index is 1190. The van der Waals surface area contributed by atoms with Gasteiger partial charge in [-0.05, 0) is 55.4 Å². The van der Waals surface area contributed by atoms with E-state index in [4.69, 9.17) is 5.73 Å². The lowest BCUT2D eigenvalue weighted by Crippen LogP contribution is -2.28. The Labute approximate surface area is 199 Å². The van der Waals surface area contributed by atoms with Gasteiger partial charge in [-0.1, -0.05) is 36.4 Å². The number of carbonyl (C=O) groups is 2. The van der Waals surface area contributed by atoms with Crippen LogP contribution in [0.4, 0.5) is 17.1 Å². The van der Waals surface area contributed by atoms with E-state index in [0.717, 1.165) is 23.4 Å². The van der Waals surface area contributed by atoms with E-state index in [-0.39, 0.29) is 23.7 Å². The first-order valence-corrected chi connectivity index (χ1v) is 11.2. The lowest BCUT2D eigenvalue weighted by Gasteiger charge is -2.18. The highest BCUT2D eigenvalue weighted by Crippen LogP contribution is 2.33. The van der Waals surface area contributed by atoms with Crippen LogP contribution in [-0.2, 0) is 9.59 Å². The van der Waals surface area contributed by atoms with Gasteiger partial charge in [0, 0.05) is 30.8 Å². The summed E-state index contributed by atoms with van der Waals surface area (Å²) in [5.74, 6) is -0.317. The quantitative estimate of drug-likeness (QED) is 0.387. The van der Waals surface area contributed by atoms with E-state index in [1.54, 1.807) is 24.4 Å². The molecule has 1 aromatic heterocycles. The fourth-order valence-electron chi connectivity index (χ4n) is 4.19. The van der Waals surface area contributed by atoms with Crippen LogP contribution in [-0.4, -0.2) is 41.8 Å². The molecule has 174 valence electrons. The van der Waals surface area contributed by atoms with Gasteiger partial charge >= 0.3 is 0 Å². The predicted octanol–water partition coefficient (Wildman–Crippen LogP) is 3.91. The minimum Gasteiger partial charge on any atom is -0.397 e. The number of benzene rings is 2. The van der Waals surface area contributed by atoms with Crippen molar-refractivity contribution >= 4 is 35.0 Å². The number of nitrogens with one attached hydrogen (secondary N) is 2. The molecule has 7 nitrogen and oxygen atoms in total. The van der Waals surface area contributed by atoms with Crippen molar-refractivity contribution in [1.29, 1.82) is 0 Å². The molecule has 0 spiro atoms. The largest absolute Gasteiger partial charge is 0.397 e. The number of likely N-dealkylation sites (tertiary alicyclic amines) is 1. The first-order chi connectivity index (χ1) is 16.4. The summed E-state index contributed by atoms with van der Waals surface area (Å²) in [5, 5.41) is 5.78. The SMILES string of the molecule is Cc1ccc(NC(=O)[C@H]2CN(C)C[C@@H]2c2ccc(/C=C/C(=O)Nc3ccccc3N)cc2)cn1. The fraction of sp³-hybridized carbons (Fsp3) is 0.222. The number of rotatable bonds is 6. The third-order valence-electron chi connectivity index (χ3n) is 6.03. The summed E-state index contributed by atoms with van der Waals surface area (Å²) in [6.07, 6.45) is 4.93. The second-order valence-electron chi connectivity index (χ2n) is 8.69. The van der Waals surface area contributed by atoms with Crippen LogP contribution >= 0.6 is 0 Å². The molecule has 0 unspecified atom stereocenters. The minimum atomic E-state index is -0.248. The summed E-state index contributed by atoms with van der Waals surface area (Å²) in [7, 11) is 2.03. The number of pyridine rings is 1. The minimum absolute atomic E-state index is 0.000770. The van der Waals surface area contributed by atoms with Crippen LogP contribution in [0.25, 0.3) is 6.08 Å². The van der Waals surface area contributed by atoms with Gasteiger partial charge < -0.3 is 21.3 Å². The van der Waals surface area contributed by atoms with E-state index in [2.05, 4.69) is 20.5 Å². The van der Waals surface area contributed by atoms with Crippen LogP contribution < -0.4 is 16.4 Å². The van der Waals surface area contributed by atoms with Crippen LogP contribution in [0.2, 0.25) is 0 Å². The van der Waals surface area contributed by atoms with Crippen molar-refractivity contribution in [2.75, 3.05) is 36.5 Å². The number of para-hydroxylation sites is 2. The molecule has 2 atom stereocenters. The number of carbonyl (C=O) groups excluding carboxylic acids is 2. The van der Waals surface area contributed by atoms with Gasteiger partial charge in [0.15, 0.2) is 0 Å². The molecule has 2 amide bonds. The molecule has 4 rings (SSSR count). The highest BCUT2D eigenvalue weighted by Gasteiger charge is 2.37. The number of nitrogens with zero attached hydrogens (tertiary/aromatic N) is 2. The van der Waals surface area contributed by atoms with Gasteiger partial charge in [-0.3, -0.25) is 14.6 Å². The summed E-state index contributed by atoms with van der Waals surface area (Å²) in [6.45, 7) is 3.42. The van der Waals surface area contributed by atoms with Gasteiger partial charge in [0.1, 0.15) is 0 Å². The Morgan fingerprint density at radius 2 is 1.79 bits per heavy atom. The maximum atomic E-state index is 13.0. The van der Waals surface area contributed by atoms with Crippen LogP contribution in [0, 0.1) is 12.8 Å². The summed E-state index contributed by atoms with van der Waals surface area (Å²) in [5.41, 5.74) is 10.6. The van der Waals surface area contributed by atoms with Crippen molar-refractivity contribution in [1.82, 2.24) is 9.88 Å². The molecule has 1 saturated heterocycles. The standard InChI is InChI=1S/C27H29N5O2/c1-18-7-13-21(15-29-18)30-27(34)23-17-32(2)16-22(23)20-11-8-19(9-12-20)10-14-26(33)31-25-6-4-3-5-24(25)28/h3-15,22-23H,16-17,28H2,1-2H3,(H,30,34)(H,31,33)/b14-10+/t22-,23+/m1/s1. The number of nitrogen functional groups attached to an aromatic ring is 1. The second kappa shape index (κ2) is 10.3. The Morgan fingerprint density at radius 3 is 2.50 bits per heavy atom. The smallest absolute Gasteiger partial charge is 0.248 e. The third-order valence-corrected chi connectivity index (χ3v) is 6.03. The number of nitrogens with two attached hydrogens (primary N) is 1. The van der Waals surface area contributed by atoms with E-state index in [9.17, 15) is 9.59 Å². The van der Waals surface area contributed by atoms with Crippen molar-refractivity contribution in [2.45, 2.75) is 12.8 Å². The number of hydrogen-bond donors (Lipinski definition) is 3. The molecule has 1 fully saturated rings. The van der Waals surface area contributed by atoms with Crippen LogP contribution in [0.15, 0.2) is 72.9 Å². The molecular weight excluding hydrogens is 426 g/mol. The van der Waals surface area contributed by atoms with Crippen molar-refractivity contribution < 1.29 is 9.59 Å². The zero-order valence-corrected chi connectivity index (χ0v) is 19.4. The normalized spacial score (nSPS) is 18.2. The number of aryl methyl sites for hydroxylation is 1. The van der Waals surface area contributed by atoms with Crippen molar-refractivity contribution in [3.05, 3.63) is 89.8 Å². The summed E-state index contributed by atoms with van der Waals surface area (Å²) < 4.78 is 0. The van der Waals surface area contributed by atoms with Gasteiger partial charge in [0.05, 0.1) is 29.2 Å². The zero-order chi connectivity index (χ0) is 24.1. The van der Waals surface area contributed by atoms with Crippen LogP contribution in [0.3, 0.4) is 0 Å². The number of aromatic nitrogens is 1. The molecule has 2 aromatic carbocycles. The monoisotopic (exact) mass is 455 g/mol. The second-order valence-corrected chi connectivity index (χ2v) is 8.69. The molecular formula is C27H29N5O2. The van der Waals surface area contributed by atoms with Crippen LogP contribution in [0.1, 0.15) is 22.7 Å². The number of amides is 2. The molecule has 3 aromatic rings. The van der Waals surface area contributed by atoms with E-state index < -0.39 is 0 Å². The van der Waals surface area contributed by atoms with Crippen LogP contribution in [0.5, 0.6) is 0 Å². The van der Waals surface area contributed by atoms with Crippen molar-refractivity contribution in [3.63, 3.8) is 0 Å². The Morgan fingerprint density at radius 1 is 1.03 bits per heavy atom. The van der Waals surface area contributed by atoms with Crippen molar-refractivity contribution in [3.8, 4) is 0 Å². The van der Waals surface area contributed by atoms with Gasteiger partial charge in [-0.25, -0.2) is 0 Å². The van der Waals surface area contributed by atoms with E-state index in [0.29, 0.717) is 23.6 Å². The number of hydrogen-bond acceptors (Lipinski definition) is 5. The molecule has 34 heavy (non-hydrogen) atoms. The highest BCUT2D eigenvalue weighted by molar-refractivity contribution is 6.03. The fourth-order valence-corrected chi connectivity index (χ4v) is 4.19. The Balaban J connectivity index is 1.40. The first kappa shape index (κ1) is 23.2. The topological polar surface area (TPSA) is 100 Å². The Hall–Kier alpha value is -3.97. The molecule has 0 aliphatic carbocycles. The van der Waals surface area contributed by atoms with Crippen molar-refractivity contribution in [2.24, 2.45) is 5.92 Å². The molecule has 1 aliphatic rings. The highest BCUT2D eigenvalue weighted by atomic mass is 16.2. The average Bonchev–Trinajstić information content (AvgIpc) is 3.23. The molecule has 2 heterocycles. The first-order valence-electron chi connectivity index (χ1n) is 11.2. The lowest BCUT2D eigenvalue weighted by atomic mass is 9.88. The lowest BCUT2D eigenvalue weighted by molar-refractivity contribution is -0.119. The van der Waals surface area contributed by atoms with Gasteiger partial charge in [-0.15, -0.1) is 0 Å².